The Kier molecular flexibility index (Phi) is 5.41. The summed E-state index contributed by atoms with van der Waals surface area (Å²) in [5.41, 5.74) is 1.58. The van der Waals surface area contributed by atoms with Gasteiger partial charge in [-0.05, 0) is 44.9 Å². The van der Waals surface area contributed by atoms with Crippen LogP contribution in [0.25, 0.3) is 0 Å². The van der Waals surface area contributed by atoms with Gasteiger partial charge < -0.3 is 15.1 Å². The average molecular weight is 458 g/mol. The number of carbonyl (C=O) groups excluding carboxylic acids is 1. The van der Waals surface area contributed by atoms with E-state index < -0.39 is 5.92 Å². The number of aryl methyl sites for hydroxylation is 2. The number of nitrogens with one attached hydrogen (secondary N) is 1. The molecule has 3 fully saturated rings. The van der Waals surface area contributed by atoms with Gasteiger partial charge in [0.2, 0.25) is 5.95 Å². The number of amides is 1. The molecule has 0 bridgehead atoms. The zero-order valence-electron chi connectivity index (χ0n) is 19.1. The van der Waals surface area contributed by atoms with Crippen molar-refractivity contribution in [3.8, 4) is 0 Å². The summed E-state index contributed by atoms with van der Waals surface area (Å²) in [6.45, 7) is 5.73. The molecule has 1 spiro atoms. The van der Waals surface area contributed by atoms with E-state index in [0.717, 1.165) is 25.9 Å². The second kappa shape index (κ2) is 8.14. The lowest BCUT2D eigenvalue weighted by Crippen LogP contribution is -2.40. The van der Waals surface area contributed by atoms with E-state index >= 15 is 0 Å². The van der Waals surface area contributed by atoms with Gasteiger partial charge in [-0.25, -0.2) is 23.7 Å². The summed E-state index contributed by atoms with van der Waals surface area (Å²) >= 11 is 0. The lowest BCUT2D eigenvalue weighted by atomic mass is 9.93. The van der Waals surface area contributed by atoms with Crippen molar-refractivity contribution >= 4 is 23.5 Å². The molecule has 2 aliphatic heterocycles. The summed E-state index contributed by atoms with van der Waals surface area (Å²) in [5.74, 6) is -1.03. The summed E-state index contributed by atoms with van der Waals surface area (Å²) in [7, 11) is 0. The normalized spacial score (nSPS) is 21.2. The van der Waals surface area contributed by atoms with Crippen LogP contribution in [-0.2, 0) is 0 Å². The fourth-order valence-corrected chi connectivity index (χ4v) is 4.70. The largest absolute Gasteiger partial charge is 0.356 e. The van der Waals surface area contributed by atoms with Crippen molar-refractivity contribution in [2.24, 2.45) is 5.41 Å². The molecule has 3 aliphatic rings. The van der Waals surface area contributed by atoms with Crippen molar-refractivity contribution in [1.29, 1.82) is 0 Å². The molecule has 176 valence electrons. The van der Waals surface area contributed by atoms with Gasteiger partial charge in [0.15, 0.2) is 0 Å². The van der Waals surface area contributed by atoms with Crippen molar-refractivity contribution in [2.45, 2.75) is 58.3 Å². The lowest BCUT2D eigenvalue weighted by molar-refractivity contribution is -0.0222. The molecule has 2 aromatic heterocycles. The van der Waals surface area contributed by atoms with E-state index in [1.54, 1.807) is 24.1 Å². The zero-order chi connectivity index (χ0) is 23.2. The summed E-state index contributed by atoms with van der Waals surface area (Å²) in [6, 6.07) is 1.67. The first-order valence-corrected chi connectivity index (χ1v) is 11.6. The molecule has 33 heavy (non-hydrogen) atoms. The SMILES string of the molecule is Cc1cc(NC(=O)c2cnc(C)nc2N2CCC3(CC2)CC3)nc(N2CCC(F)(F)CC2)n1. The molecule has 0 unspecified atom stereocenters. The van der Waals surface area contributed by atoms with Gasteiger partial charge >= 0.3 is 0 Å². The third kappa shape index (κ3) is 4.74. The molecule has 2 aromatic rings. The first kappa shape index (κ1) is 21.9. The van der Waals surface area contributed by atoms with E-state index in [4.69, 9.17) is 0 Å². The number of carbonyl (C=O) groups is 1. The molecule has 0 atom stereocenters. The topological polar surface area (TPSA) is 87.1 Å². The standard InChI is InChI=1S/C23H29F2N7O/c1-15-13-18(30-21(27-15)32-11-7-23(24,25)8-12-32)29-20(33)17-14-26-16(2)28-19(17)31-9-5-22(3-4-22)6-10-31/h13-14H,3-12H2,1-2H3,(H,27,29,30,33). The van der Waals surface area contributed by atoms with Crippen LogP contribution in [0.5, 0.6) is 0 Å². The van der Waals surface area contributed by atoms with Crippen LogP contribution in [0.15, 0.2) is 12.3 Å². The van der Waals surface area contributed by atoms with Crippen LogP contribution in [0.4, 0.5) is 26.4 Å². The highest BCUT2D eigenvalue weighted by molar-refractivity contribution is 6.07. The van der Waals surface area contributed by atoms with Crippen molar-refractivity contribution in [3.05, 3.63) is 29.3 Å². The smallest absolute Gasteiger partial charge is 0.262 e. The second-order valence-corrected chi connectivity index (χ2v) is 9.63. The highest BCUT2D eigenvalue weighted by Crippen LogP contribution is 2.53. The molecule has 1 aliphatic carbocycles. The first-order chi connectivity index (χ1) is 15.7. The molecular formula is C23H29F2N7O. The Bertz CT molecular complexity index is 1050. The Morgan fingerprint density at radius 1 is 0.939 bits per heavy atom. The summed E-state index contributed by atoms with van der Waals surface area (Å²) in [6.07, 6.45) is 5.97. The fourth-order valence-electron chi connectivity index (χ4n) is 4.70. The summed E-state index contributed by atoms with van der Waals surface area (Å²) < 4.78 is 27.1. The molecule has 1 saturated carbocycles. The minimum Gasteiger partial charge on any atom is -0.356 e. The van der Waals surface area contributed by atoms with Crippen LogP contribution in [0.3, 0.4) is 0 Å². The van der Waals surface area contributed by atoms with E-state index in [-0.39, 0.29) is 31.8 Å². The maximum absolute atomic E-state index is 13.5. The van der Waals surface area contributed by atoms with Crippen molar-refractivity contribution in [2.75, 3.05) is 41.3 Å². The number of rotatable bonds is 4. The molecular weight excluding hydrogens is 428 g/mol. The molecule has 8 nitrogen and oxygen atoms in total. The van der Waals surface area contributed by atoms with Gasteiger partial charge in [-0.1, -0.05) is 0 Å². The lowest BCUT2D eigenvalue weighted by Gasteiger charge is -2.33. The quantitative estimate of drug-likeness (QED) is 0.748. The van der Waals surface area contributed by atoms with Gasteiger partial charge in [0, 0.05) is 57.0 Å². The molecule has 2 saturated heterocycles. The molecule has 4 heterocycles. The third-order valence-electron chi connectivity index (χ3n) is 7.08. The van der Waals surface area contributed by atoms with Crippen LogP contribution in [0.2, 0.25) is 0 Å². The van der Waals surface area contributed by atoms with Crippen LogP contribution in [0, 0.1) is 19.3 Å². The first-order valence-electron chi connectivity index (χ1n) is 11.6. The Labute approximate surface area is 191 Å². The van der Waals surface area contributed by atoms with Gasteiger partial charge in [-0.2, -0.15) is 4.98 Å². The van der Waals surface area contributed by atoms with Gasteiger partial charge in [0.1, 0.15) is 23.0 Å². The Morgan fingerprint density at radius 2 is 1.61 bits per heavy atom. The van der Waals surface area contributed by atoms with Crippen LogP contribution in [0.1, 0.15) is 60.4 Å². The van der Waals surface area contributed by atoms with Gasteiger partial charge in [-0.15, -0.1) is 0 Å². The maximum atomic E-state index is 13.5. The minimum atomic E-state index is -2.65. The van der Waals surface area contributed by atoms with Crippen molar-refractivity contribution < 1.29 is 13.6 Å². The maximum Gasteiger partial charge on any atom is 0.262 e. The highest BCUT2D eigenvalue weighted by atomic mass is 19.3. The number of anilines is 3. The van der Waals surface area contributed by atoms with Gasteiger partial charge in [-0.3, -0.25) is 4.79 Å². The van der Waals surface area contributed by atoms with E-state index in [2.05, 4.69) is 30.2 Å². The number of piperidine rings is 2. The number of alkyl halides is 2. The molecule has 5 rings (SSSR count). The Hall–Kier alpha value is -2.91. The predicted molar refractivity (Wildman–Crippen MR) is 121 cm³/mol. The van der Waals surface area contributed by atoms with E-state index in [1.165, 1.54) is 12.8 Å². The van der Waals surface area contributed by atoms with Gasteiger partial charge in [0.25, 0.3) is 11.8 Å². The fraction of sp³-hybridized carbons (Fsp3) is 0.609. The van der Waals surface area contributed by atoms with Crippen molar-refractivity contribution in [3.63, 3.8) is 0 Å². The number of nitrogens with zero attached hydrogens (tertiary/aromatic N) is 6. The monoisotopic (exact) mass is 457 g/mol. The molecule has 1 amide bonds. The average Bonchev–Trinajstić information content (AvgIpc) is 3.52. The minimum absolute atomic E-state index is 0.177. The third-order valence-corrected chi connectivity index (χ3v) is 7.08. The molecule has 0 radical (unpaired) electrons. The molecule has 0 aromatic carbocycles. The Morgan fingerprint density at radius 3 is 2.27 bits per heavy atom. The molecule has 10 heteroatoms. The van der Waals surface area contributed by atoms with Crippen molar-refractivity contribution in [1.82, 2.24) is 19.9 Å². The predicted octanol–water partition coefficient (Wildman–Crippen LogP) is 3.75. The second-order valence-electron chi connectivity index (χ2n) is 9.63. The number of hydrogen-bond acceptors (Lipinski definition) is 7. The number of hydrogen-bond donors (Lipinski definition) is 1. The van der Waals surface area contributed by atoms with E-state index in [9.17, 15) is 13.6 Å². The Balaban J connectivity index is 1.34. The van der Waals surface area contributed by atoms with Crippen LogP contribution >= 0.6 is 0 Å². The van der Waals surface area contributed by atoms with Crippen LogP contribution in [-0.4, -0.2) is 57.9 Å². The zero-order valence-corrected chi connectivity index (χ0v) is 19.1. The number of aromatic nitrogens is 4. The van der Waals surface area contributed by atoms with E-state index in [1.807, 2.05) is 6.92 Å². The highest BCUT2D eigenvalue weighted by Gasteiger charge is 2.45. The van der Waals surface area contributed by atoms with E-state index in [0.29, 0.717) is 40.1 Å². The van der Waals surface area contributed by atoms with Gasteiger partial charge in [0.05, 0.1) is 0 Å². The van der Waals surface area contributed by atoms with Crippen LogP contribution < -0.4 is 15.1 Å². The number of halogens is 2. The molecule has 1 N–H and O–H groups in total. The summed E-state index contributed by atoms with van der Waals surface area (Å²) in [4.78, 5) is 34.8. The summed E-state index contributed by atoms with van der Waals surface area (Å²) in [5, 5.41) is 2.85.